The van der Waals surface area contributed by atoms with Crippen LogP contribution in [0.2, 0.25) is 0 Å². The van der Waals surface area contributed by atoms with Gasteiger partial charge in [-0.15, -0.1) is 0 Å². The van der Waals surface area contributed by atoms with Crippen LogP contribution in [-0.2, 0) is 0 Å². The molecule has 1 N–H and O–H groups in total. The van der Waals surface area contributed by atoms with E-state index >= 15 is 0 Å². The molecule has 0 aliphatic rings. The van der Waals surface area contributed by atoms with Crippen LogP contribution in [0, 0.1) is 4.51 Å². The number of aromatic nitrogens is 1. The second-order valence-electron chi connectivity index (χ2n) is 3.36. The zero-order valence-electron chi connectivity index (χ0n) is 11.4. The van der Waals surface area contributed by atoms with Gasteiger partial charge in [0.1, 0.15) is 0 Å². The summed E-state index contributed by atoms with van der Waals surface area (Å²) in [4.78, 5) is 3.02. The molecule has 0 unspecified atom stereocenters. The summed E-state index contributed by atoms with van der Waals surface area (Å²) in [6.45, 7) is 13.5. The fraction of sp³-hybridized carbons (Fsp3) is 0.188. The zero-order valence-corrected chi connectivity index (χ0v) is 12.2. The molecule has 1 aromatic heterocycles. The molecule has 0 fully saturated rings. The van der Waals surface area contributed by atoms with E-state index in [4.69, 9.17) is 12.2 Å². The molecule has 0 aliphatic carbocycles. The molecule has 0 aromatic carbocycles. The average Bonchev–Trinajstić information content (AvgIpc) is 2.43. The van der Waals surface area contributed by atoms with E-state index in [0.29, 0.717) is 0 Å². The number of H-pyrrole nitrogens is 1. The second kappa shape index (κ2) is 9.37. The number of rotatable bonds is 4. The number of hydrogen-bond donors (Lipinski definition) is 1. The largest absolute Gasteiger partial charge is 0.367 e. The number of hydrogen-bond acceptors (Lipinski definition) is 1. The van der Waals surface area contributed by atoms with Crippen molar-refractivity contribution in [3.05, 3.63) is 71.6 Å². The van der Waals surface area contributed by atoms with Crippen molar-refractivity contribution >= 4 is 17.8 Å². The molecule has 0 spiro atoms. The summed E-state index contributed by atoms with van der Waals surface area (Å²) in [6.07, 6.45) is 11.3. The van der Waals surface area contributed by atoms with E-state index in [-0.39, 0.29) is 0 Å². The minimum absolute atomic E-state index is 0.814. The maximum absolute atomic E-state index is 5.25. The lowest BCUT2D eigenvalue weighted by Gasteiger charge is -2.01. The predicted molar refractivity (Wildman–Crippen MR) is 85.1 cm³/mol. The van der Waals surface area contributed by atoms with Crippen LogP contribution in [0.4, 0.5) is 0 Å². The van der Waals surface area contributed by atoms with Crippen molar-refractivity contribution in [2.45, 2.75) is 20.8 Å². The van der Waals surface area contributed by atoms with Gasteiger partial charge in [0, 0.05) is 22.5 Å². The lowest BCUT2D eigenvalue weighted by molar-refractivity contribution is 1.30. The van der Waals surface area contributed by atoms with E-state index in [1.54, 1.807) is 6.08 Å². The topological polar surface area (TPSA) is 15.8 Å². The van der Waals surface area contributed by atoms with Gasteiger partial charge >= 0.3 is 0 Å². The van der Waals surface area contributed by atoms with Crippen LogP contribution < -0.4 is 0 Å². The summed E-state index contributed by atoms with van der Waals surface area (Å²) in [6, 6.07) is 1.87. The molecule has 0 radical (unpaired) electrons. The molecule has 1 aromatic rings. The molecule has 0 saturated heterocycles. The van der Waals surface area contributed by atoms with Gasteiger partial charge in [-0.25, -0.2) is 0 Å². The predicted octanol–water partition coefficient (Wildman–Crippen LogP) is 5.47. The fourth-order valence-corrected chi connectivity index (χ4v) is 1.44. The van der Waals surface area contributed by atoms with Gasteiger partial charge in [0.25, 0.3) is 0 Å². The maximum atomic E-state index is 5.25. The first-order valence-corrected chi connectivity index (χ1v) is 6.40. The van der Waals surface area contributed by atoms with Crippen molar-refractivity contribution in [3.63, 3.8) is 0 Å². The van der Waals surface area contributed by atoms with Crippen molar-refractivity contribution in [1.29, 1.82) is 0 Å². The van der Waals surface area contributed by atoms with Gasteiger partial charge in [0.2, 0.25) is 0 Å². The van der Waals surface area contributed by atoms with Crippen molar-refractivity contribution in [3.8, 4) is 0 Å². The molecule has 18 heavy (non-hydrogen) atoms. The Balaban J connectivity index is 0.00000137. The third kappa shape index (κ3) is 5.11. The van der Waals surface area contributed by atoms with E-state index in [9.17, 15) is 0 Å². The molecule has 0 aliphatic heterocycles. The Morgan fingerprint density at radius 2 is 1.89 bits per heavy atom. The number of aromatic amines is 1. The molecule has 1 nitrogen and oxygen atoms in total. The first kappa shape index (κ1) is 16.3. The van der Waals surface area contributed by atoms with Gasteiger partial charge in [-0.1, -0.05) is 69.1 Å². The first-order chi connectivity index (χ1) is 8.69. The van der Waals surface area contributed by atoms with Crippen molar-refractivity contribution < 1.29 is 0 Å². The lowest BCUT2D eigenvalue weighted by atomic mass is 10.1. The van der Waals surface area contributed by atoms with Gasteiger partial charge in [-0.2, -0.15) is 0 Å². The summed E-state index contributed by atoms with van der Waals surface area (Å²) in [5.41, 5.74) is 3.09. The van der Waals surface area contributed by atoms with E-state index < -0.39 is 0 Å². The smallest absolute Gasteiger partial charge is 0.0484 e. The lowest BCUT2D eigenvalue weighted by Crippen LogP contribution is -1.83. The summed E-state index contributed by atoms with van der Waals surface area (Å²) in [5, 5.41) is 0. The molecule has 0 amide bonds. The average molecular weight is 259 g/mol. The van der Waals surface area contributed by atoms with Crippen LogP contribution in [0.15, 0.2) is 61.5 Å². The Hall–Kier alpha value is -1.67. The van der Waals surface area contributed by atoms with Gasteiger partial charge in [-0.3, -0.25) is 0 Å². The first-order valence-electron chi connectivity index (χ1n) is 6.00. The van der Waals surface area contributed by atoms with Crippen molar-refractivity contribution in [1.82, 2.24) is 4.98 Å². The van der Waals surface area contributed by atoms with Crippen molar-refractivity contribution in [2.75, 3.05) is 0 Å². The van der Waals surface area contributed by atoms with Gasteiger partial charge in [0.15, 0.2) is 0 Å². The third-order valence-corrected chi connectivity index (χ3v) is 2.56. The molecule has 2 heteroatoms. The highest BCUT2D eigenvalue weighted by Crippen LogP contribution is 2.16. The second-order valence-corrected chi connectivity index (χ2v) is 3.80. The highest BCUT2D eigenvalue weighted by atomic mass is 32.1. The number of pyridine rings is 1. The monoisotopic (exact) mass is 259 g/mol. The molecule has 1 heterocycles. The van der Waals surface area contributed by atoms with Crippen LogP contribution in [0.3, 0.4) is 0 Å². The molecule has 1 rings (SSSR count). The minimum atomic E-state index is 0.814. The van der Waals surface area contributed by atoms with E-state index in [1.165, 1.54) is 0 Å². The van der Waals surface area contributed by atoms with Crippen LogP contribution >= 0.6 is 12.2 Å². The fourth-order valence-electron chi connectivity index (χ4n) is 1.20. The van der Waals surface area contributed by atoms with Crippen LogP contribution in [0.25, 0.3) is 5.57 Å². The van der Waals surface area contributed by atoms with E-state index in [1.807, 2.05) is 57.5 Å². The van der Waals surface area contributed by atoms with Gasteiger partial charge < -0.3 is 4.98 Å². The molecule has 0 bridgehead atoms. The molecule has 0 saturated carbocycles. The molecular formula is C16H21NS. The van der Waals surface area contributed by atoms with Crippen LogP contribution in [0.1, 0.15) is 26.3 Å². The minimum Gasteiger partial charge on any atom is -0.367 e. The summed E-state index contributed by atoms with van der Waals surface area (Å²) in [5.74, 6) is 0. The van der Waals surface area contributed by atoms with Gasteiger partial charge in [-0.05, 0) is 18.6 Å². The standard InChI is InChI=1S/C14H15NS.C2H6/c1-4-11(3)6-7-12(5-2)13-10-15-9-8-14(13)16;1-2/h4-10H,1-2H2,3H3,(H,15,16);1-2H3/b11-6-,12-7+;. The normalized spacial score (nSPS) is 11.3. The number of allylic oxidation sites excluding steroid dienone is 6. The Bertz CT molecular complexity index is 504. The third-order valence-electron chi connectivity index (χ3n) is 2.20. The van der Waals surface area contributed by atoms with E-state index in [0.717, 1.165) is 21.2 Å². The van der Waals surface area contributed by atoms with Crippen molar-refractivity contribution in [2.24, 2.45) is 0 Å². The SMILES string of the molecule is C=C/C(C)=C\C=C(/C=C)c1c[nH]ccc1=S.CC. The highest BCUT2D eigenvalue weighted by Gasteiger charge is 1.97. The summed E-state index contributed by atoms with van der Waals surface area (Å²) >= 11 is 5.25. The summed E-state index contributed by atoms with van der Waals surface area (Å²) in [7, 11) is 0. The zero-order chi connectivity index (χ0) is 14.0. The highest BCUT2D eigenvalue weighted by molar-refractivity contribution is 7.71. The molecular weight excluding hydrogens is 238 g/mol. The molecule has 0 atom stereocenters. The summed E-state index contributed by atoms with van der Waals surface area (Å²) < 4.78 is 0.814. The Labute approximate surface area is 115 Å². The van der Waals surface area contributed by atoms with E-state index in [2.05, 4.69) is 18.1 Å². The Kier molecular flexibility index (Phi) is 8.50. The number of nitrogens with one attached hydrogen (secondary N) is 1. The van der Waals surface area contributed by atoms with Crippen LogP contribution in [-0.4, -0.2) is 4.98 Å². The Morgan fingerprint density at radius 1 is 1.22 bits per heavy atom. The van der Waals surface area contributed by atoms with Gasteiger partial charge in [0.05, 0.1) is 0 Å². The quantitative estimate of drug-likeness (QED) is 0.560. The maximum Gasteiger partial charge on any atom is 0.0484 e. The Morgan fingerprint density at radius 3 is 2.39 bits per heavy atom. The van der Waals surface area contributed by atoms with Crippen LogP contribution in [0.5, 0.6) is 0 Å². The molecule has 96 valence electrons.